The molecule has 0 atom stereocenters. The summed E-state index contributed by atoms with van der Waals surface area (Å²) in [7, 11) is 0. The van der Waals surface area contributed by atoms with Gasteiger partial charge in [-0.15, -0.1) is 0 Å². The number of nitrogens with zero attached hydrogens (tertiary/aromatic N) is 4. The molecule has 0 amide bonds. The maximum Gasteiger partial charge on any atom is 0.262 e. The molecule has 0 saturated carbocycles. The van der Waals surface area contributed by atoms with Crippen molar-refractivity contribution in [1.29, 1.82) is 5.26 Å². The first-order valence-corrected chi connectivity index (χ1v) is 15.4. The average molecular weight is 545 g/mol. The molecular weight excluding hydrogens is 508 g/mol. The molecule has 0 saturated heterocycles. The summed E-state index contributed by atoms with van der Waals surface area (Å²) in [5.74, 6) is 0. The van der Waals surface area contributed by atoms with Crippen LogP contribution in [-0.2, 0) is 5.41 Å². The van der Waals surface area contributed by atoms with Crippen molar-refractivity contribution in [2.45, 2.75) is 83.5 Å². The number of benzene rings is 3. The smallest absolute Gasteiger partial charge is 0.227 e. The van der Waals surface area contributed by atoms with Gasteiger partial charge in [-0.1, -0.05) is 114 Å². The van der Waals surface area contributed by atoms with Gasteiger partial charge in [0.05, 0.1) is 24.4 Å². The van der Waals surface area contributed by atoms with Gasteiger partial charge in [-0.25, -0.2) is 10.1 Å². The van der Waals surface area contributed by atoms with E-state index in [1.54, 1.807) is 6.08 Å². The minimum Gasteiger partial charge on any atom is -0.227 e. The van der Waals surface area contributed by atoms with Crippen molar-refractivity contribution in [3.05, 3.63) is 88.4 Å². The molecule has 5 heteroatoms. The zero-order valence-corrected chi connectivity index (χ0v) is 24.4. The van der Waals surface area contributed by atoms with E-state index in [9.17, 15) is 5.26 Å². The van der Waals surface area contributed by atoms with E-state index in [4.69, 9.17) is 6.57 Å². The largest absolute Gasteiger partial charge is 0.262 e. The van der Waals surface area contributed by atoms with Crippen LogP contribution in [0.2, 0.25) is 0 Å². The van der Waals surface area contributed by atoms with Gasteiger partial charge in [0, 0.05) is 11.0 Å². The van der Waals surface area contributed by atoms with Crippen LogP contribution in [0.25, 0.3) is 44.2 Å². The summed E-state index contributed by atoms with van der Waals surface area (Å²) in [5.41, 5.74) is 10.3. The second-order valence-corrected chi connectivity index (χ2v) is 11.5. The fourth-order valence-electron chi connectivity index (χ4n) is 6.47. The minimum absolute atomic E-state index is 0.0306. The Hall–Kier alpha value is -3.80. The van der Waals surface area contributed by atoms with E-state index in [-0.39, 0.29) is 11.1 Å². The second-order valence-electron chi connectivity index (χ2n) is 10.9. The van der Waals surface area contributed by atoms with E-state index >= 15 is 0 Å². The third kappa shape index (κ3) is 5.19. The number of unbranched alkanes of at least 4 members (excludes halogenated alkanes) is 6. The van der Waals surface area contributed by atoms with Crippen LogP contribution in [0, 0.1) is 17.9 Å². The topological polar surface area (TPSA) is 53.9 Å². The number of fused-ring (bicyclic) bond motifs is 4. The first kappa shape index (κ1) is 27.8. The Kier molecular flexibility index (Phi) is 8.73. The molecule has 0 N–H and O–H groups in total. The highest BCUT2D eigenvalue weighted by atomic mass is 32.1. The average Bonchev–Trinajstić information content (AvgIpc) is 3.59. The summed E-state index contributed by atoms with van der Waals surface area (Å²) < 4.78 is 9.21. The maximum absolute atomic E-state index is 9.27. The SMILES string of the molecule is [C-]#[N+]/C(C#N)=C\c1ccc(-c2ccc3c(c2)C(CCCCCC)(CCCCCC)c2ccccc2-3)c2nsnc12. The Morgan fingerprint density at radius 1 is 0.850 bits per heavy atom. The zero-order chi connectivity index (χ0) is 28.0. The lowest BCUT2D eigenvalue weighted by atomic mass is 9.70. The van der Waals surface area contributed by atoms with Crippen LogP contribution < -0.4 is 0 Å². The van der Waals surface area contributed by atoms with Gasteiger partial charge in [0.2, 0.25) is 0 Å². The molecule has 0 fully saturated rings. The van der Waals surface area contributed by atoms with Crippen LogP contribution in [0.15, 0.2) is 60.3 Å². The Morgan fingerprint density at radius 3 is 2.23 bits per heavy atom. The third-order valence-corrected chi connectivity index (χ3v) is 9.00. The molecule has 0 radical (unpaired) electrons. The summed E-state index contributed by atoms with van der Waals surface area (Å²) in [5, 5.41) is 9.27. The molecule has 3 aromatic carbocycles. The molecule has 1 aliphatic rings. The van der Waals surface area contributed by atoms with Gasteiger partial charge < -0.3 is 0 Å². The highest BCUT2D eigenvalue weighted by molar-refractivity contribution is 7.00. The predicted molar refractivity (Wildman–Crippen MR) is 167 cm³/mol. The highest BCUT2D eigenvalue weighted by Gasteiger charge is 2.42. The maximum atomic E-state index is 9.27. The van der Waals surface area contributed by atoms with Crippen molar-refractivity contribution < 1.29 is 0 Å². The molecule has 1 heterocycles. The first-order valence-electron chi connectivity index (χ1n) is 14.7. The molecule has 202 valence electrons. The molecule has 40 heavy (non-hydrogen) atoms. The van der Waals surface area contributed by atoms with Crippen molar-refractivity contribution in [1.82, 2.24) is 8.75 Å². The molecule has 4 aromatic rings. The monoisotopic (exact) mass is 544 g/mol. The van der Waals surface area contributed by atoms with Crippen LogP contribution in [0.4, 0.5) is 0 Å². The fraction of sp³-hybridized carbons (Fsp3) is 0.371. The molecule has 0 bridgehead atoms. The molecule has 1 aliphatic carbocycles. The van der Waals surface area contributed by atoms with E-state index in [0.717, 1.165) is 27.7 Å². The number of aromatic nitrogens is 2. The molecule has 0 aliphatic heterocycles. The summed E-state index contributed by atoms with van der Waals surface area (Å²) in [4.78, 5) is 3.33. The second kappa shape index (κ2) is 12.6. The van der Waals surface area contributed by atoms with Gasteiger partial charge in [-0.05, 0) is 58.4 Å². The summed E-state index contributed by atoms with van der Waals surface area (Å²) >= 11 is 1.17. The Balaban J connectivity index is 1.63. The lowest BCUT2D eigenvalue weighted by Crippen LogP contribution is -2.25. The van der Waals surface area contributed by atoms with Crippen molar-refractivity contribution in [3.8, 4) is 28.3 Å². The predicted octanol–water partition coefficient (Wildman–Crippen LogP) is 10.3. The number of allylic oxidation sites excluding steroid dienone is 1. The van der Waals surface area contributed by atoms with Crippen molar-refractivity contribution in [2.24, 2.45) is 0 Å². The van der Waals surface area contributed by atoms with Crippen LogP contribution in [0.1, 0.15) is 94.7 Å². The van der Waals surface area contributed by atoms with Crippen LogP contribution >= 0.6 is 11.7 Å². The summed E-state index contributed by atoms with van der Waals surface area (Å²) in [6.07, 6.45) is 14.1. The summed E-state index contributed by atoms with van der Waals surface area (Å²) in [6.45, 7) is 11.8. The third-order valence-electron chi connectivity index (χ3n) is 8.47. The van der Waals surface area contributed by atoms with Gasteiger partial charge in [0.1, 0.15) is 11.0 Å². The molecule has 5 rings (SSSR count). The Morgan fingerprint density at radius 2 is 1.52 bits per heavy atom. The van der Waals surface area contributed by atoms with Gasteiger partial charge in [-0.2, -0.15) is 8.75 Å². The quantitative estimate of drug-likeness (QED) is 0.101. The van der Waals surface area contributed by atoms with Gasteiger partial charge in [0.15, 0.2) is 0 Å². The molecular formula is C35H36N4S. The fourth-order valence-corrected chi connectivity index (χ4v) is 7.05. The normalized spacial score (nSPS) is 13.6. The van der Waals surface area contributed by atoms with Crippen LogP contribution in [0.5, 0.6) is 0 Å². The van der Waals surface area contributed by atoms with Crippen molar-refractivity contribution in [3.63, 3.8) is 0 Å². The number of hydrogen-bond donors (Lipinski definition) is 0. The van der Waals surface area contributed by atoms with Gasteiger partial charge >= 0.3 is 0 Å². The Bertz CT molecular complexity index is 1590. The van der Waals surface area contributed by atoms with E-state index in [1.165, 1.54) is 98.2 Å². The van der Waals surface area contributed by atoms with E-state index in [0.29, 0.717) is 0 Å². The first-order chi connectivity index (χ1) is 19.7. The summed E-state index contributed by atoms with van der Waals surface area (Å²) in [6, 6.07) is 22.0. The highest BCUT2D eigenvalue weighted by Crippen LogP contribution is 2.55. The van der Waals surface area contributed by atoms with Crippen LogP contribution in [0.3, 0.4) is 0 Å². The van der Waals surface area contributed by atoms with E-state index in [2.05, 4.69) is 76.0 Å². The lowest BCUT2D eigenvalue weighted by Gasteiger charge is -2.33. The minimum atomic E-state index is 0.0306. The number of rotatable bonds is 12. The molecule has 1 aromatic heterocycles. The Labute approximate surface area is 242 Å². The number of nitriles is 1. The van der Waals surface area contributed by atoms with Crippen molar-refractivity contribution >= 4 is 28.8 Å². The molecule has 0 unspecified atom stereocenters. The molecule has 4 nitrogen and oxygen atoms in total. The zero-order valence-electron chi connectivity index (χ0n) is 23.5. The number of hydrogen-bond acceptors (Lipinski definition) is 4. The van der Waals surface area contributed by atoms with E-state index in [1.807, 2.05) is 12.1 Å². The molecule has 0 spiro atoms. The standard InChI is InChI=1S/C35H36N4S/c1-4-6-8-12-20-35(21-13-9-7-5-2)31-15-11-10-14-29(31)30-19-16-25(23-32(30)35)28-18-17-26(22-27(24-36)37-3)33-34(28)39-40-38-33/h10-11,14-19,22-23H,4-9,12-13,20-21H2,1-2H3/b27-22-. The van der Waals surface area contributed by atoms with Gasteiger partial charge in [0.25, 0.3) is 5.70 Å². The lowest BCUT2D eigenvalue weighted by molar-refractivity contribution is 0.401. The van der Waals surface area contributed by atoms with Crippen LogP contribution in [-0.4, -0.2) is 8.75 Å². The van der Waals surface area contributed by atoms with Crippen molar-refractivity contribution in [2.75, 3.05) is 0 Å². The van der Waals surface area contributed by atoms with Gasteiger partial charge in [-0.3, -0.25) is 0 Å². The van der Waals surface area contributed by atoms with E-state index < -0.39 is 0 Å².